The van der Waals surface area contributed by atoms with Crippen LogP contribution in [0.15, 0.2) is 24.3 Å². The standard InChI is InChI=1S/C17H24N2O/c20-17-16(18-12-13-6-2-1-3-7-13)11-10-14-8-4-5-9-15(14)19-17/h4-5,8-9,13,16,18H,1-3,6-7,10-12H2,(H,19,20). The van der Waals surface area contributed by atoms with Gasteiger partial charge >= 0.3 is 0 Å². The van der Waals surface area contributed by atoms with Gasteiger partial charge in [0, 0.05) is 5.69 Å². The Hall–Kier alpha value is -1.35. The Bertz CT molecular complexity index is 466. The van der Waals surface area contributed by atoms with Gasteiger partial charge in [-0.15, -0.1) is 0 Å². The fraction of sp³-hybridized carbons (Fsp3) is 0.588. The minimum atomic E-state index is -0.0377. The summed E-state index contributed by atoms with van der Waals surface area (Å²) < 4.78 is 0. The Kier molecular flexibility index (Phi) is 4.36. The lowest BCUT2D eigenvalue weighted by molar-refractivity contribution is -0.118. The maximum atomic E-state index is 12.3. The van der Waals surface area contributed by atoms with Gasteiger partial charge in [0.25, 0.3) is 0 Å². The maximum absolute atomic E-state index is 12.3. The number of carbonyl (C=O) groups is 1. The fourth-order valence-corrected chi connectivity index (χ4v) is 3.41. The Morgan fingerprint density at radius 2 is 1.90 bits per heavy atom. The SMILES string of the molecule is O=C1Nc2ccccc2CCC1NCC1CCCCC1. The maximum Gasteiger partial charge on any atom is 0.241 e. The van der Waals surface area contributed by atoms with Gasteiger partial charge in [0.2, 0.25) is 5.91 Å². The van der Waals surface area contributed by atoms with Gasteiger partial charge in [0.1, 0.15) is 0 Å². The third-order valence-corrected chi connectivity index (χ3v) is 4.67. The summed E-state index contributed by atoms with van der Waals surface area (Å²) >= 11 is 0. The summed E-state index contributed by atoms with van der Waals surface area (Å²) in [4.78, 5) is 12.3. The molecular formula is C17H24N2O. The first kappa shape index (κ1) is 13.6. The summed E-state index contributed by atoms with van der Waals surface area (Å²) in [6.45, 7) is 0.994. The monoisotopic (exact) mass is 272 g/mol. The van der Waals surface area contributed by atoms with Crippen molar-refractivity contribution in [3.8, 4) is 0 Å². The molecule has 1 atom stereocenters. The van der Waals surface area contributed by atoms with Crippen molar-refractivity contribution in [2.45, 2.75) is 51.0 Å². The van der Waals surface area contributed by atoms with Crippen molar-refractivity contribution in [1.29, 1.82) is 0 Å². The third kappa shape index (κ3) is 3.21. The van der Waals surface area contributed by atoms with Crippen molar-refractivity contribution in [2.24, 2.45) is 5.92 Å². The molecule has 1 aromatic rings. The van der Waals surface area contributed by atoms with Gasteiger partial charge < -0.3 is 10.6 Å². The fourth-order valence-electron chi connectivity index (χ4n) is 3.41. The number of hydrogen-bond donors (Lipinski definition) is 2. The normalized spacial score (nSPS) is 23.8. The van der Waals surface area contributed by atoms with Crippen molar-refractivity contribution in [1.82, 2.24) is 5.32 Å². The highest BCUT2D eigenvalue weighted by Gasteiger charge is 2.24. The average Bonchev–Trinajstić information content (AvgIpc) is 2.65. The molecule has 0 spiro atoms. The molecule has 1 aliphatic carbocycles. The molecule has 20 heavy (non-hydrogen) atoms. The predicted octanol–water partition coefficient (Wildman–Crippen LogP) is 3.11. The molecule has 0 radical (unpaired) electrons. The number of fused-ring (bicyclic) bond motifs is 1. The van der Waals surface area contributed by atoms with Gasteiger partial charge in [-0.05, 0) is 49.8 Å². The van der Waals surface area contributed by atoms with Gasteiger partial charge in [-0.1, -0.05) is 37.5 Å². The van der Waals surface area contributed by atoms with Crippen molar-refractivity contribution < 1.29 is 4.79 Å². The number of rotatable bonds is 3. The van der Waals surface area contributed by atoms with Crippen molar-refractivity contribution >= 4 is 11.6 Å². The summed E-state index contributed by atoms with van der Waals surface area (Å²) in [6.07, 6.45) is 8.61. The van der Waals surface area contributed by atoms with E-state index in [0.29, 0.717) is 0 Å². The molecule has 1 heterocycles. The van der Waals surface area contributed by atoms with Crippen LogP contribution in [0, 0.1) is 5.92 Å². The molecule has 3 heteroatoms. The van der Waals surface area contributed by atoms with Crippen LogP contribution in [0.25, 0.3) is 0 Å². The van der Waals surface area contributed by atoms with E-state index in [2.05, 4.69) is 16.7 Å². The zero-order valence-corrected chi connectivity index (χ0v) is 12.0. The van der Waals surface area contributed by atoms with Crippen molar-refractivity contribution in [3.05, 3.63) is 29.8 Å². The van der Waals surface area contributed by atoms with Gasteiger partial charge in [-0.25, -0.2) is 0 Å². The molecule has 1 aliphatic heterocycles. The third-order valence-electron chi connectivity index (χ3n) is 4.67. The van der Waals surface area contributed by atoms with E-state index in [-0.39, 0.29) is 11.9 Å². The van der Waals surface area contributed by atoms with Gasteiger partial charge in [-0.2, -0.15) is 0 Å². The largest absolute Gasteiger partial charge is 0.324 e. The number of para-hydroxylation sites is 1. The van der Waals surface area contributed by atoms with Crippen LogP contribution in [0.1, 0.15) is 44.1 Å². The summed E-state index contributed by atoms with van der Waals surface area (Å²) in [5.41, 5.74) is 2.24. The lowest BCUT2D eigenvalue weighted by atomic mass is 9.89. The minimum Gasteiger partial charge on any atom is -0.324 e. The molecule has 2 aliphatic rings. The molecule has 0 aromatic heterocycles. The van der Waals surface area contributed by atoms with Crippen LogP contribution in [-0.4, -0.2) is 18.5 Å². The van der Waals surface area contributed by atoms with Crippen molar-refractivity contribution in [2.75, 3.05) is 11.9 Å². The highest BCUT2D eigenvalue weighted by molar-refractivity contribution is 5.96. The summed E-state index contributed by atoms with van der Waals surface area (Å²) in [6, 6.07) is 8.09. The van der Waals surface area contributed by atoms with E-state index in [1.807, 2.05) is 18.2 Å². The zero-order valence-electron chi connectivity index (χ0n) is 12.0. The number of nitrogens with one attached hydrogen (secondary N) is 2. The van der Waals surface area contributed by atoms with Crippen LogP contribution >= 0.6 is 0 Å². The Labute approximate surface area is 121 Å². The van der Waals surface area contributed by atoms with Gasteiger partial charge in [-0.3, -0.25) is 4.79 Å². The smallest absolute Gasteiger partial charge is 0.241 e. The predicted molar refractivity (Wildman–Crippen MR) is 81.8 cm³/mol. The summed E-state index contributed by atoms with van der Waals surface area (Å²) in [7, 11) is 0. The van der Waals surface area contributed by atoms with Crippen LogP contribution in [0.5, 0.6) is 0 Å². The number of amides is 1. The topological polar surface area (TPSA) is 41.1 Å². The highest BCUT2D eigenvalue weighted by atomic mass is 16.2. The number of carbonyl (C=O) groups excluding carboxylic acids is 1. The van der Waals surface area contributed by atoms with E-state index in [1.54, 1.807) is 0 Å². The van der Waals surface area contributed by atoms with E-state index in [9.17, 15) is 4.79 Å². The quantitative estimate of drug-likeness (QED) is 0.887. The molecule has 1 fully saturated rings. The zero-order chi connectivity index (χ0) is 13.8. The van der Waals surface area contributed by atoms with Crippen LogP contribution in [-0.2, 0) is 11.2 Å². The lowest BCUT2D eigenvalue weighted by Crippen LogP contribution is -2.42. The molecule has 108 valence electrons. The molecule has 3 nitrogen and oxygen atoms in total. The number of aryl methyl sites for hydroxylation is 1. The van der Waals surface area contributed by atoms with Crippen molar-refractivity contribution in [3.63, 3.8) is 0 Å². The molecule has 3 rings (SSSR count). The lowest BCUT2D eigenvalue weighted by Gasteiger charge is -2.24. The molecule has 0 saturated heterocycles. The second-order valence-corrected chi connectivity index (χ2v) is 6.15. The first-order valence-electron chi connectivity index (χ1n) is 7.95. The summed E-state index contributed by atoms with van der Waals surface area (Å²) in [5, 5.41) is 6.56. The number of hydrogen-bond acceptors (Lipinski definition) is 2. The molecule has 1 unspecified atom stereocenters. The first-order valence-corrected chi connectivity index (χ1v) is 7.95. The molecule has 0 bridgehead atoms. The Morgan fingerprint density at radius 1 is 1.10 bits per heavy atom. The first-order chi connectivity index (χ1) is 9.83. The van der Waals surface area contributed by atoms with Crippen LogP contribution in [0.2, 0.25) is 0 Å². The second-order valence-electron chi connectivity index (χ2n) is 6.15. The second kappa shape index (κ2) is 6.40. The van der Waals surface area contributed by atoms with Crippen LogP contribution in [0.3, 0.4) is 0 Å². The van der Waals surface area contributed by atoms with Crippen LogP contribution in [0.4, 0.5) is 5.69 Å². The van der Waals surface area contributed by atoms with E-state index >= 15 is 0 Å². The number of benzene rings is 1. The Morgan fingerprint density at radius 3 is 2.75 bits per heavy atom. The minimum absolute atomic E-state index is 0.0377. The molecular weight excluding hydrogens is 248 g/mol. The van der Waals surface area contributed by atoms with Gasteiger partial charge in [0.15, 0.2) is 0 Å². The van der Waals surface area contributed by atoms with E-state index < -0.39 is 0 Å². The molecule has 1 aromatic carbocycles. The summed E-state index contributed by atoms with van der Waals surface area (Å²) in [5.74, 6) is 0.896. The molecule has 2 N–H and O–H groups in total. The van der Waals surface area contributed by atoms with E-state index in [1.165, 1.54) is 37.7 Å². The highest BCUT2D eigenvalue weighted by Crippen LogP contribution is 2.24. The molecule has 1 saturated carbocycles. The Balaban J connectivity index is 1.57. The van der Waals surface area contributed by atoms with Crippen LogP contribution < -0.4 is 10.6 Å². The van der Waals surface area contributed by atoms with E-state index in [0.717, 1.165) is 31.0 Å². The molecule has 1 amide bonds. The van der Waals surface area contributed by atoms with E-state index in [4.69, 9.17) is 0 Å². The van der Waals surface area contributed by atoms with Gasteiger partial charge in [0.05, 0.1) is 6.04 Å². The number of anilines is 1. The average molecular weight is 272 g/mol.